The third-order valence-corrected chi connectivity index (χ3v) is 3.75. The van der Waals surface area contributed by atoms with Gasteiger partial charge in [-0.1, -0.05) is 0 Å². The van der Waals surface area contributed by atoms with E-state index in [9.17, 15) is 0 Å². The van der Waals surface area contributed by atoms with Crippen LogP contribution in [-0.4, -0.2) is 24.2 Å². The molecule has 1 aliphatic carbocycles. The minimum Gasteiger partial charge on any atom is -0.399 e. The number of anilines is 2. The van der Waals surface area contributed by atoms with Gasteiger partial charge in [0.1, 0.15) is 0 Å². The Hall–Kier alpha value is -1.81. The summed E-state index contributed by atoms with van der Waals surface area (Å²) < 4.78 is 5.31. The summed E-state index contributed by atoms with van der Waals surface area (Å²) in [5.41, 5.74) is 9.77. The maximum Gasteiger partial charge on any atom is 0.0727 e. The van der Waals surface area contributed by atoms with E-state index < -0.39 is 0 Å². The van der Waals surface area contributed by atoms with Gasteiger partial charge in [0, 0.05) is 35.6 Å². The van der Waals surface area contributed by atoms with Crippen LogP contribution in [0.2, 0.25) is 0 Å². The number of nitrogens with two attached hydrogens (primary N) is 1. The molecule has 0 unspecified atom stereocenters. The summed E-state index contributed by atoms with van der Waals surface area (Å²) in [6.07, 6.45) is 2.51. The van der Waals surface area contributed by atoms with Crippen LogP contribution < -0.4 is 11.1 Å². The maximum absolute atomic E-state index is 5.88. The number of fused-ring (bicyclic) bond motifs is 1. The number of nitrogens with zero attached hydrogens (tertiary/aromatic N) is 1. The first kappa shape index (κ1) is 12.2. The second-order valence-electron chi connectivity index (χ2n) is 5.26. The van der Waals surface area contributed by atoms with Gasteiger partial charge < -0.3 is 15.8 Å². The van der Waals surface area contributed by atoms with Crippen LogP contribution in [0.5, 0.6) is 0 Å². The summed E-state index contributed by atoms with van der Waals surface area (Å²) in [6, 6.07) is 8.42. The highest BCUT2D eigenvalue weighted by molar-refractivity contribution is 5.93. The summed E-state index contributed by atoms with van der Waals surface area (Å²) in [7, 11) is 1.77. The lowest BCUT2D eigenvalue weighted by Crippen LogP contribution is -2.40. The molecular weight excluding hydrogens is 238 g/mol. The summed E-state index contributed by atoms with van der Waals surface area (Å²) >= 11 is 0. The van der Waals surface area contributed by atoms with Gasteiger partial charge in [-0.15, -0.1) is 0 Å². The van der Waals surface area contributed by atoms with E-state index in [1.54, 1.807) is 7.11 Å². The molecular formula is C15H19N3O. The fourth-order valence-corrected chi connectivity index (χ4v) is 2.59. The first-order valence-electron chi connectivity index (χ1n) is 6.62. The number of benzene rings is 1. The third-order valence-electron chi connectivity index (χ3n) is 3.75. The molecule has 0 radical (unpaired) electrons. The standard InChI is InChI=1S/C15H19N3O/c1-9-5-15(18-11-7-12(8-11)19-2)13-6-10(16)3-4-14(13)17-9/h3-6,11-12H,7-8,16H2,1-2H3,(H,17,18). The number of hydrogen-bond donors (Lipinski definition) is 2. The number of aromatic nitrogens is 1. The molecule has 1 saturated carbocycles. The third kappa shape index (κ3) is 2.36. The number of nitrogens with one attached hydrogen (secondary N) is 1. The molecule has 19 heavy (non-hydrogen) atoms. The molecule has 0 amide bonds. The topological polar surface area (TPSA) is 60.2 Å². The zero-order valence-corrected chi connectivity index (χ0v) is 11.3. The highest BCUT2D eigenvalue weighted by atomic mass is 16.5. The maximum atomic E-state index is 5.88. The number of nitrogen functional groups attached to an aromatic ring is 1. The Kier molecular flexibility index (Phi) is 3.03. The molecule has 1 aromatic heterocycles. The first-order chi connectivity index (χ1) is 9.15. The fourth-order valence-electron chi connectivity index (χ4n) is 2.59. The molecule has 1 aromatic carbocycles. The normalized spacial score (nSPS) is 22.2. The van der Waals surface area contributed by atoms with Crippen molar-refractivity contribution in [3.8, 4) is 0 Å². The lowest BCUT2D eigenvalue weighted by molar-refractivity contribution is 0.0329. The van der Waals surface area contributed by atoms with Crippen molar-refractivity contribution in [2.75, 3.05) is 18.2 Å². The minimum atomic E-state index is 0.400. The fraction of sp³-hybridized carbons (Fsp3) is 0.400. The highest BCUT2D eigenvalue weighted by Gasteiger charge is 2.29. The smallest absolute Gasteiger partial charge is 0.0727 e. The number of rotatable bonds is 3. The van der Waals surface area contributed by atoms with Gasteiger partial charge in [-0.3, -0.25) is 4.98 Å². The number of hydrogen-bond acceptors (Lipinski definition) is 4. The molecule has 1 heterocycles. The lowest BCUT2D eigenvalue weighted by Gasteiger charge is -2.35. The van der Waals surface area contributed by atoms with Crippen molar-refractivity contribution in [1.82, 2.24) is 4.98 Å². The summed E-state index contributed by atoms with van der Waals surface area (Å²) in [4.78, 5) is 4.54. The molecule has 1 fully saturated rings. The predicted molar refractivity (Wildman–Crippen MR) is 78.3 cm³/mol. The Morgan fingerprint density at radius 3 is 2.84 bits per heavy atom. The Labute approximate surface area is 113 Å². The Morgan fingerprint density at radius 2 is 2.11 bits per heavy atom. The van der Waals surface area contributed by atoms with Gasteiger partial charge in [0.25, 0.3) is 0 Å². The van der Waals surface area contributed by atoms with Gasteiger partial charge in [-0.2, -0.15) is 0 Å². The van der Waals surface area contributed by atoms with Crippen molar-refractivity contribution in [3.05, 3.63) is 30.0 Å². The van der Waals surface area contributed by atoms with Crippen molar-refractivity contribution in [2.45, 2.75) is 31.9 Å². The van der Waals surface area contributed by atoms with Crippen LogP contribution in [0.1, 0.15) is 18.5 Å². The van der Waals surface area contributed by atoms with E-state index in [0.717, 1.165) is 40.8 Å². The van der Waals surface area contributed by atoms with E-state index in [1.165, 1.54) is 0 Å². The Bertz CT molecular complexity index is 606. The van der Waals surface area contributed by atoms with Gasteiger partial charge in [0.15, 0.2) is 0 Å². The van der Waals surface area contributed by atoms with Crippen molar-refractivity contribution in [2.24, 2.45) is 0 Å². The molecule has 0 atom stereocenters. The second kappa shape index (κ2) is 4.70. The average molecular weight is 257 g/mol. The summed E-state index contributed by atoms with van der Waals surface area (Å²) in [5.74, 6) is 0. The quantitative estimate of drug-likeness (QED) is 0.830. The zero-order chi connectivity index (χ0) is 13.4. The minimum absolute atomic E-state index is 0.400. The monoisotopic (exact) mass is 257 g/mol. The molecule has 0 spiro atoms. The van der Waals surface area contributed by atoms with Gasteiger partial charge in [0.2, 0.25) is 0 Å². The summed E-state index contributed by atoms with van der Waals surface area (Å²) in [6.45, 7) is 2.01. The van der Waals surface area contributed by atoms with Crippen molar-refractivity contribution >= 4 is 22.3 Å². The molecule has 3 N–H and O–H groups in total. The zero-order valence-electron chi connectivity index (χ0n) is 11.3. The SMILES string of the molecule is COC1CC(Nc2cc(C)nc3ccc(N)cc23)C1. The highest BCUT2D eigenvalue weighted by Crippen LogP contribution is 2.31. The number of methoxy groups -OCH3 is 1. The molecule has 4 heteroatoms. The molecule has 2 aromatic rings. The first-order valence-corrected chi connectivity index (χ1v) is 6.62. The van der Waals surface area contributed by atoms with E-state index in [2.05, 4.69) is 16.4 Å². The summed E-state index contributed by atoms with van der Waals surface area (Å²) in [5, 5.41) is 4.67. The van der Waals surface area contributed by atoms with Gasteiger partial charge >= 0.3 is 0 Å². The Morgan fingerprint density at radius 1 is 1.32 bits per heavy atom. The van der Waals surface area contributed by atoms with Crippen LogP contribution in [0.15, 0.2) is 24.3 Å². The van der Waals surface area contributed by atoms with Crippen LogP contribution in [-0.2, 0) is 4.74 Å². The van der Waals surface area contributed by atoms with Crippen LogP contribution in [0.25, 0.3) is 10.9 Å². The van der Waals surface area contributed by atoms with Crippen molar-refractivity contribution in [3.63, 3.8) is 0 Å². The van der Waals surface area contributed by atoms with Gasteiger partial charge in [-0.25, -0.2) is 0 Å². The van der Waals surface area contributed by atoms with E-state index in [0.29, 0.717) is 12.1 Å². The van der Waals surface area contributed by atoms with Gasteiger partial charge in [-0.05, 0) is 44.0 Å². The van der Waals surface area contributed by atoms with E-state index in [4.69, 9.17) is 10.5 Å². The van der Waals surface area contributed by atoms with Crippen molar-refractivity contribution < 1.29 is 4.74 Å². The largest absolute Gasteiger partial charge is 0.399 e. The van der Waals surface area contributed by atoms with E-state index >= 15 is 0 Å². The Balaban J connectivity index is 1.91. The number of pyridine rings is 1. The second-order valence-corrected chi connectivity index (χ2v) is 5.26. The van der Waals surface area contributed by atoms with Crippen molar-refractivity contribution in [1.29, 1.82) is 0 Å². The average Bonchev–Trinajstić information content (AvgIpc) is 2.33. The molecule has 0 aliphatic heterocycles. The predicted octanol–water partition coefficient (Wildman–Crippen LogP) is 2.71. The van der Waals surface area contributed by atoms with E-state index in [-0.39, 0.29) is 0 Å². The number of aryl methyl sites for hydroxylation is 1. The van der Waals surface area contributed by atoms with Crippen LogP contribution in [0.4, 0.5) is 11.4 Å². The molecule has 3 rings (SSSR count). The molecule has 1 aliphatic rings. The van der Waals surface area contributed by atoms with Crippen LogP contribution >= 0.6 is 0 Å². The van der Waals surface area contributed by atoms with Crippen LogP contribution in [0, 0.1) is 6.92 Å². The molecule has 0 bridgehead atoms. The van der Waals surface area contributed by atoms with Crippen LogP contribution in [0.3, 0.4) is 0 Å². The number of ether oxygens (including phenoxy) is 1. The van der Waals surface area contributed by atoms with E-state index in [1.807, 2.05) is 25.1 Å². The molecule has 4 nitrogen and oxygen atoms in total. The molecule has 100 valence electrons. The lowest BCUT2D eigenvalue weighted by atomic mass is 9.89. The van der Waals surface area contributed by atoms with Gasteiger partial charge in [0.05, 0.1) is 11.6 Å². The molecule has 0 saturated heterocycles.